The van der Waals surface area contributed by atoms with Gasteiger partial charge in [0.05, 0.1) is 13.5 Å². The van der Waals surface area contributed by atoms with Crippen LogP contribution in [0.5, 0.6) is 5.75 Å². The van der Waals surface area contributed by atoms with Gasteiger partial charge in [-0.15, -0.1) is 0 Å². The monoisotopic (exact) mass is 472 g/mol. The van der Waals surface area contributed by atoms with Gasteiger partial charge in [0, 0.05) is 43.2 Å². The molecule has 35 heavy (non-hydrogen) atoms. The number of para-hydroxylation sites is 1. The molecule has 0 atom stereocenters. The Morgan fingerprint density at radius 2 is 1.54 bits per heavy atom. The molecule has 0 aromatic heterocycles. The van der Waals surface area contributed by atoms with E-state index < -0.39 is 0 Å². The molecule has 2 N–H and O–H groups in total. The standard InChI is InChI=1S/C28H32N4O3/c1-3-22-6-4-5-7-26(22)30-28(34)29-23-10-12-24(13-11-23)31-16-18-32(19-17-31)27(33)20-21-8-14-25(35-2)15-9-21/h4-15H,3,16-20H2,1-2H3,(H2,29,30,34). The molecule has 3 aromatic rings. The SMILES string of the molecule is CCc1ccccc1NC(=O)Nc1ccc(N2CCN(C(=O)Cc3ccc(OC)cc3)CC2)cc1. The molecule has 0 bridgehead atoms. The number of hydrogen-bond acceptors (Lipinski definition) is 4. The van der Waals surface area contributed by atoms with E-state index in [2.05, 4.69) is 22.5 Å². The summed E-state index contributed by atoms with van der Waals surface area (Å²) in [4.78, 5) is 29.3. The first kappa shape index (κ1) is 24.1. The molecule has 7 heteroatoms. The Bertz CT molecular complexity index is 1140. The molecule has 1 aliphatic heterocycles. The number of urea groups is 1. The lowest BCUT2D eigenvalue weighted by molar-refractivity contribution is -0.130. The molecule has 0 saturated carbocycles. The van der Waals surface area contributed by atoms with Crippen LogP contribution >= 0.6 is 0 Å². The number of aryl methyl sites for hydroxylation is 1. The molecule has 182 valence electrons. The van der Waals surface area contributed by atoms with Gasteiger partial charge in [0.2, 0.25) is 5.91 Å². The number of nitrogens with one attached hydrogen (secondary N) is 2. The van der Waals surface area contributed by atoms with Crippen molar-refractivity contribution in [2.75, 3.05) is 48.8 Å². The second-order valence-corrected chi connectivity index (χ2v) is 8.53. The van der Waals surface area contributed by atoms with Crippen molar-refractivity contribution in [3.8, 4) is 5.75 Å². The molecule has 0 aliphatic carbocycles. The van der Waals surface area contributed by atoms with Gasteiger partial charge in [-0.2, -0.15) is 0 Å². The van der Waals surface area contributed by atoms with E-state index in [9.17, 15) is 9.59 Å². The van der Waals surface area contributed by atoms with Gasteiger partial charge in [0.15, 0.2) is 0 Å². The van der Waals surface area contributed by atoms with Gasteiger partial charge in [0.1, 0.15) is 5.75 Å². The molecule has 1 heterocycles. The van der Waals surface area contributed by atoms with Crippen LogP contribution < -0.4 is 20.3 Å². The van der Waals surface area contributed by atoms with E-state index in [4.69, 9.17) is 4.74 Å². The molecule has 1 fully saturated rings. The Balaban J connectivity index is 1.26. The van der Waals surface area contributed by atoms with E-state index in [0.717, 1.165) is 53.4 Å². The summed E-state index contributed by atoms with van der Waals surface area (Å²) in [5.74, 6) is 0.934. The van der Waals surface area contributed by atoms with Crippen molar-refractivity contribution in [1.29, 1.82) is 0 Å². The number of amides is 3. The maximum absolute atomic E-state index is 12.7. The average Bonchev–Trinajstić information content (AvgIpc) is 2.90. The first-order valence-electron chi connectivity index (χ1n) is 12.0. The van der Waals surface area contributed by atoms with Crippen molar-refractivity contribution in [1.82, 2.24) is 4.90 Å². The largest absolute Gasteiger partial charge is 0.497 e. The third kappa shape index (κ3) is 6.32. The summed E-state index contributed by atoms with van der Waals surface area (Å²) in [5, 5.41) is 5.82. The van der Waals surface area contributed by atoms with Crippen LogP contribution in [0.25, 0.3) is 0 Å². The predicted octanol–water partition coefficient (Wildman–Crippen LogP) is 4.79. The summed E-state index contributed by atoms with van der Waals surface area (Å²) in [5.41, 5.74) is 4.72. The van der Waals surface area contributed by atoms with Crippen molar-refractivity contribution in [2.45, 2.75) is 19.8 Å². The van der Waals surface area contributed by atoms with Crippen LogP contribution in [0.4, 0.5) is 21.9 Å². The fourth-order valence-corrected chi connectivity index (χ4v) is 4.23. The van der Waals surface area contributed by atoms with Crippen LogP contribution in [0.3, 0.4) is 0 Å². The summed E-state index contributed by atoms with van der Waals surface area (Å²) >= 11 is 0. The minimum atomic E-state index is -0.261. The highest BCUT2D eigenvalue weighted by Gasteiger charge is 2.21. The lowest BCUT2D eigenvalue weighted by atomic mass is 10.1. The van der Waals surface area contributed by atoms with Crippen molar-refractivity contribution < 1.29 is 14.3 Å². The normalized spacial score (nSPS) is 13.3. The van der Waals surface area contributed by atoms with Crippen LogP contribution in [0.1, 0.15) is 18.1 Å². The van der Waals surface area contributed by atoms with Gasteiger partial charge in [0.25, 0.3) is 0 Å². The molecule has 3 amide bonds. The van der Waals surface area contributed by atoms with Crippen LogP contribution in [-0.2, 0) is 17.6 Å². The van der Waals surface area contributed by atoms with Crippen LogP contribution in [0.15, 0.2) is 72.8 Å². The zero-order valence-corrected chi connectivity index (χ0v) is 20.3. The molecule has 0 radical (unpaired) electrons. The summed E-state index contributed by atoms with van der Waals surface area (Å²) in [6, 6.07) is 23.0. The van der Waals surface area contributed by atoms with Crippen molar-refractivity contribution >= 4 is 29.0 Å². The second kappa shape index (κ2) is 11.4. The Labute approximate surface area is 206 Å². The van der Waals surface area contributed by atoms with Gasteiger partial charge in [-0.25, -0.2) is 4.79 Å². The Morgan fingerprint density at radius 3 is 2.20 bits per heavy atom. The highest BCUT2D eigenvalue weighted by molar-refractivity contribution is 6.00. The lowest BCUT2D eigenvalue weighted by Gasteiger charge is -2.36. The topological polar surface area (TPSA) is 73.9 Å². The number of anilines is 3. The molecule has 1 aliphatic rings. The minimum absolute atomic E-state index is 0.144. The van der Waals surface area contributed by atoms with Gasteiger partial charge in [-0.05, 0) is 60.0 Å². The fraction of sp³-hybridized carbons (Fsp3) is 0.286. The summed E-state index contributed by atoms with van der Waals surface area (Å²) in [7, 11) is 1.63. The minimum Gasteiger partial charge on any atom is -0.497 e. The van der Waals surface area contributed by atoms with Crippen LogP contribution in [0.2, 0.25) is 0 Å². The highest BCUT2D eigenvalue weighted by Crippen LogP contribution is 2.21. The first-order chi connectivity index (χ1) is 17.1. The predicted molar refractivity (Wildman–Crippen MR) is 140 cm³/mol. The van der Waals surface area contributed by atoms with E-state index in [1.54, 1.807) is 7.11 Å². The molecular formula is C28H32N4O3. The molecule has 4 rings (SSSR count). The zero-order valence-electron chi connectivity index (χ0n) is 20.3. The van der Waals surface area contributed by atoms with E-state index in [1.165, 1.54) is 0 Å². The number of ether oxygens (including phenoxy) is 1. The fourth-order valence-electron chi connectivity index (χ4n) is 4.23. The molecule has 1 saturated heterocycles. The van der Waals surface area contributed by atoms with Crippen molar-refractivity contribution in [3.63, 3.8) is 0 Å². The number of hydrogen-bond donors (Lipinski definition) is 2. The number of benzene rings is 3. The Hall–Kier alpha value is -4.00. The average molecular weight is 473 g/mol. The van der Waals surface area contributed by atoms with Gasteiger partial charge in [-0.1, -0.05) is 37.3 Å². The van der Waals surface area contributed by atoms with Gasteiger partial charge in [-0.3, -0.25) is 4.79 Å². The summed E-state index contributed by atoms with van der Waals surface area (Å²) in [6.07, 6.45) is 1.25. The van der Waals surface area contributed by atoms with Gasteiger partial charge >= 0.3 is 6.03 Å². The maximum atomic E-state index is 12.7. The number of carbonyl (C=O) groups is 2. The molecule has 0 unspecified atom stereocenters. The summed E-state index contributed by atoms with van der Waals surface area (Å²) < 4.78 is 5.18. The third-order valence-corrected chi connectivity index (χ3v) is 6.28. The quantitative estimate of drug-likeness (QED) is 0.518. The number of carbonyl (C=O) groups excluding carboxylic acids is 2. The maximum Gasteiger partial charge on any atom is 0.323 e. The molecule has 3 aromatic carbocycles. The first-order valence-corrected chi connectivity index (χ1v) is 12.0. The van der Waals surface area contributed by atoms with Crippen molar-refractivity contribution in [3.05, 3.63) is 83.9 Å². The number of piperazine rings is 1. The number of methoxy groups -OCH3 is 1. The van der Waals surface area contributed by atoms with E-state index in [-0.39, 0.29) is 11.9 Å². The van der Waals surface area contributed by atoms with Crippen molar-refractivity contribution in [2.24, 2.45) is 0 Å². The zero-order chi connectivity index (χ0) is 24.6. The number of nitrogens with zero attached hydrogens (tertiary/aromatic N) is 2. The Kier molecular flexibility index (Phi) is 7.88. The van der Waals surface area contributed by atoms with Crippen LogP contribution in [-0.4, -0.2) is 50.1 Å². The third-order valence-electron chi connectivity index (χ3n) is 6.28. The lowest BCUT2D eigenvalue weighted by Crippen LogP contribution is -2.49. The number of rotatable bonds is 7. The smallest absolute Gasteiger partial charge is 0.323 e. The molecular weight excluding hydrogens is 440 g/mol. The van der Waals surface area contributed by atoms with Crippen LogP contribution in [0, 0.1) is 0 Å². The van der Waals surface area contributed by atoms with E-state index >= 15 is 0 Å². The van der Waals surface area contributed by atoms with E-state index in [0.29, 0.717) is 19.5 Å². The van der Waals surface area contributed by atoms with Gasteiger partial charge < -0.3 is 25.2 Å². The Morgan fingerprint density at radius 1 is 0.857 bits per heavy atom. The molecule has 0 spiro atoms. The second-order valence-electron chi connectivity index (χ2n) is 8.53. The summed E-state index contributed by atoms with van der Waals surface area (Å²) in [6.45, 7) is 4.99. The molecule has 7 nitrogen and oxygen atoms in total. The highest BCUT2D eigenvalue weighted by atomic mass is 16.5. The van der Waals surface area contributed by atoms with E-state index in [1.807, 2.05) is 77.7 Å².